The third kappa shape index (κ3) is 4.09. The minimum Gasteiger partial charge on any atom is -0.493 e. The van der Waals surface area contributed by atoms with Gasteiger partial charge in [-0.1, -0.05) is 31.5 Å². The van der Waals surface area contributed by atoms with Crippen LogP contribution in [0.2, 0.25) is 0 Å². The summed E-state index contributed by atoms with van der Waals surface area (Å²) >= 11 is 4.34. The molecule has 0 N–H and O–H groups in total. The summed E-state index contributed by atoms with van der Waals surface area (Å²) in [4.78, 5) is 0. The highest BCUT2D eigenvalue weighted by Gasteiger charge is 2.08. The van der Waals surface area contributed by atoms with E-state index in [0.29, 0.717) is 5.92 Å². The van der Waals surface area contributed by atoms with E-state index in [9.17, 15) is 0 Å². The molecule has 1 nitrogen and oxygen atoms in total. The van der Waals surface area contributed by atoms with Crippen LogP contribution in [0.3, 0.4) is 0 Å². The van der Waals surface area contributed by atoms with Gasteiger partial charge in [0.1, 0.15) is 5.75 Å². The fraction of sp³-hybridized carbons (Fsp3) is 0.571. The quantitative estimate of drug-likeness (QED) is 0.740. The Bertz CT molecular complexity index is 323. The number of rotatable bonds is 6. The predicted octanol–water partition coefficient (Wildman–Crippen LogP) is 3.89. The van der Waals surface area contributed by atoms with E-state index >= 15 is 0 Å². The Morgan fingerprint density at radius 2 is 2.12 bits per heavy atom. The van der Waals surface area contributed by atoms with Crippen LogP contribution in [-0.4, -0.2) is 12.4 Å². The molecule has 0 aliphatic heterocycles. The Kier molecular flexibility index (Phi) is 5.75. The van der Waals surface area contributed by atoms with E-state index in [1.807, 2.05) is 0 Å². The maximum Gasteiger partial charge on any atom is 0.122 e. The topological polar surface area (TPSA) is 9.23 Å². The van der Waals surface area contributed by atoms with E-state index in [2.05, 4.69) is 51.6 Å². The van der Waals surface area contributed by atoms with Crippen LogP contribution in [0.5, 0.6) is 5.75 Å². The van der Waals surface area contributed by atoms with Crippen LogP contribution < -0.4 is 4.74 Å². The Morgan fingerprint density at radius 1 is 1.38 bits per heavy atom. The summed E-state index contributed by atoms with van der Waals surface area (Å²) in [6.07, 6.45) is 2.10. The van der Waals surface area contributed by atoms with Crippen molar-refractivity contribution in [2.75, 3.05) is 12.4 Å². The summed E-state index contributed by atoms with van der Waals surface area (Å²) < 4.78 is 5.76. The van der Waals surface area contributed by atoms with Crippen molar-refractivity contribution in [3.05, 3.63) is 29.3 Å². The highest BCUT2D eigenvalue weighted by atomic mass is 32.1. The van der Waals surface area contributed by atoms with E-state index in [1.54, 1.807) is 0 Å². The second-order valence-electron chi connectivity index (χ2n) is 4.45. The predicted molar refractivity (Wildman–Crippen MR) is 73.7 cm³/mol. The molecule has 0 amide bonds. The summed E-state index contributed by atoms with van der Waals surface area (Å²) in [5.74, 6) is 2.55. The number of hydrogen-bond donors (Lipinski definition) is 1. The molecule has 0 heterocycles. The van der Waals surface area contributed by atoms with Gasteiger partial charge >= 0.3 is 0 Å². The average molecular weight is 238 g/mol. The molecule has 0 fully saturated rings. The molecule has 0 saturated carbocycles. The van der Waals surface area contributed by atoms with Crippen molar-refractivity contribution in [3.63, 3.8) is 0 Å². The number of aryl methyl sites for hydroxylation is 1. The summed E-state index contributed by atoms with van der Waals surface area (Å²) in [6, 6.07) is 6.43. The first kappa shape index (κ1) is 13.4. The monoisotopic (exact) mass is 238 g/mol. The van der Waals surface area contributed by atoms with Crippen LogP contribution in [0.15, 0.2) is 18.2 Å². The molecule has 1 rings (SSSR count). The van der Waals surface area contributed by atoms with Gasteiger partial charge < -0.3 is 4.74 Å². The molecule has 0 radical (unpaired) electrons. The van der Waals surface area contributed by atoms with Gasteiger partial charge in [-0.3, -0.25) is 0 Å². The molecule has 0 aromatic heterocycles. The van der Waals surface area contributed by atoms with Gasteiger partial charge in [0.05, 0.1) is 6.61 Å². The molecular weight excluding hydrogens is 216 g/mol. The highest BCUT2D eigenvalue weighted by molar-refractivity contribution is 7.80. The van der Waals surface area contributed by atoms with Crippen LogP contribution in [-0.2, 0) is 6.42 Å². The number of ether oxygens (including phenoxy) is 1. The molecular formula is C14H22OS. The smallest absolute Gasteiger partial charge is 0.122 e. The molecule has 1 aromatic rings. The molecule has 1 unspecified atom stereocenters. The maximum absolute atomic E-state index is 5.76. The Hall–Kier alpha value is -0.630. The fourth-order valence-electron chi connectivity index (χ4n) is 1.66. The van der Waals surface area contributed by atoms with Crippen LogP contribution in [0, 0.1) is 12.8 Å². The minimum atomic E-state index is 0.592. The van der Waals surface area contributed by atoms with Crippen molar-refractivity contribution in [2.45, 2.75) is 33.6 Å². The van der Waals surface area contributed by atoms with Gasteiger partial charge in [-0.15, -0.1) is 0 Å². The van der Waals surface area contributed by atoms with Crippen LogP contribution in [0.25, 0.3) is 0 Å². The van der Waals surface area contributed by atoms with Gasteiger partial charge in [0.25, 0.3) is 0 Å². The summed E-state index contributed by atoms with van der Waals surface area (Å²) in [5.41, 5.74) is 2.61. The van der Waals surface area contributed by atoms with Crippen molar-refractivity contribution in [1.29, 1.82) is 0 Å². The molecule has 90 valence electrons. The van der Waals surface area contributed by atoms with Gasteiger partial charge in [-0.05, 0) is 43.1 Å². The van der Waals surface area contributed by atoms with Crippen molar-refractivity contribution < 1.29 is 4.74 Å². The second-order valence-corrected chi connectivity index (χ2v) is 4.82. The van der Waals surface area contributed by atoms with Gasteiger partial charge in [-0.25, -0.2) is 0 Å². The number of benzene rings is 1. The van der Waals surface area contributed by atoms with Crippen LogP contribution in [0.1, 0.15) is 31.4 Å². The first-order valence-electron chi connectivity index (χ1n) is 6.00. The van der Waals surface area contributed by atoms with Crippen molar-refractivity contribution >= 4 is 12.6 Å². The molecule has 0 saturated heterocycles. The first-order chi connectivity index (χ1) is 7.67. The Labute approximate surface area is 105 Å². The summed E-state index contributed by atoms with van der Waals surface area (Å²) in [5, 5.41) is 0. The molecule has 0 aliphatic carbocycles. The molecule has 0 bridgehead atoms. The lowest BCUT2D eigenvalue weighted by atomic mass is 10.00. The lowest BCUT2D eigenvalue weighted by molar-refractivity contribution is 0.313. The van der Waals surface area contributed by atoms with Crippen molar-refractivity contribution in [3.8, 4) is 5.75 Å². The second kappa shape index (κ2) is 6.85. The van der Waals surface area contributed by atoms with E-state index in [0.717, 1.165) is 31.0 Å². The van der Waals surface area contributed by atoms with Crippen LogP contribution >= 0.6 is 12.6 Å². The van der Waals surface area contributed by atoms with E-state index in [1.165, 1.54) is 11.1 Å². The van der Waals surface area contributed by atoms with Gasteiger partial charge in [-0.2, -0.15) is 12.6 Å². The lowest BCUT2D eigenvalue weighted by Crippen LogP contribution is -2.05. The average Bonchev–Trinajstić information content (AvgIpc) is 2.28. The Balaban J connectivity index is 2.80. The minimum absolute atomic E-state index is 0.592. The largest absolute Gasteiger partial charge is 0.493 e. The summed E-state index contributed by atoms with van der Waals surface area (Å²) in [7, 11) is 0. The fourth-order valence-corrected chi connectivity index (χ4v) is 1.79. The zero-order valence-corrected chi connectivity index (χ0v) is 11.4. The molecule has 1 atom stereocenters. The SMILES string of the molecule is CCCOc1ccc(C)cc1CC(C)CS. The van der Waals surface area contributed by atoms with E-state index < -0.39 is 0 Å². The third-order valence-corrected chi connectivity index (χ3v) is 3.18. The van der Waals surface area contributed by atoms with Gasteiger partial charge in [0.2, 0.25) is 0 Å². The lowest BCUT2D eigenvalue weighted by Gasteiger charge is -2.14. The van der Waals surface area contributed by atoms with E-state index in [4.69, 9.17) is 4.74 Å². The Morgan fingerprint density at radius 3 is 2.75 bits per heavy atom. The number of hydrogen-bond acceptors (Lipinski definition) is 2. The third-order valence-electron chi connectivity index (χ3n) is 2.56. The normalized spacial score (nSPS) is 12.5. The molecule has 1 aromatic carbocycles. The van der Waals surface area contributed by atoms with Crippen LogP contribution in [0.4, 0.5) is 0 Å². The van der Waals surface area contributed by atoms with Crippen molar-refractivity contribution in [1.82, 2.24) is 0 Å². The van der Waals surface area contributed by atoms with Gasteiger partial charge in [0, 0.05) is 0 Å². The summed E-state index contributed by atoms with van der Waals surface area (Å²) in [6.45, 7) is 7.27. The van der Waals surface area contributed by atoms with E-state index in [-0.39, 0.29) is 0 Å². The molecule has 16 heavy (non-hydrogen) atoms. The number of thiol groups is 1. The zero-order valence-electron chi connectivity index (χ0n) is 10.5. The molecule has 2 heteroatoms. The van der Waals surface area contributed by atoms with Gasteiger partial charge in [0.15, 0.2) is 0 Å². The zero-order chi connectivity index (χ0) is 12.0. The van der Waals surface area contributed by atoms with Crippen molar-refractivity contribution in [2.24, 2.45) is 5.92 Å². The maximum atomic E-state index is 5.76. The molecule has 0 spiro atoms. The standard InChI is InChI=1S/C14H22OS/c1-4-7-15-14-6-5-11(2)8-13(14)9-12(3)10-16/h5-6,8,12,16H,4,7,9-10H2,1-3H3. The first-order valence-corrected chi connectivity index (χ1v) is 6.63. The highest BCUT2D eigenvalue weighted by Crippen LogP contribution is 2.23. The molecule has 0 aliphatic rings.